The summed E-state index contributed by atoms with van der Waals surface area (Å²) < 4.78 is 0. The fourth-order valence-electron chi connectivity index (χ4n) is 3.55. The Balaban J connectivity index is 1.92. The monoisotopic (exact) mass is 358 g/mol. The molecule has 0 aliphatic carbocycles. The van der Waals surface area contributed by atoms with E-state index in [0.29, 0.717) is 0 Å². The van der Waals surface area contributed by atoms with Gasteiger partial charge in [0.05, 0.1) is 5.03 Å². The van der Waals surface area contributed by atoms with Gasteiger partial charge in [-0.15, -0.1) is 0 Å². The molecule has 0 aromatic carbocycles. The zero-order valence-electron chi connectivity index (χ0n) is 16.1. The molecule has 0 aromatic heterocycles. The van der Waals surface area contributed by atoms with Gasteiger partial charge < -0.3 is 9.80 Å². The molecule has 0 spiro atoms. The van der Waals surface area contributed by atoms with Gasteiger partial charge in [-0.1, -0.05) is 55.6 Å². The van der Waals surface area contributed by atoms with Crippen LogP contribution >= 0.6 is 11.8 Å². The van der Waals surface area contributed by atoms with E-state index in [1.807, 2.05) is 12.2 Å². The summed E-state index contributed by atoms with van der Waals surface area (Å²) in [6.45, 7) is 21.2. The lowest BCUT2D eigenvalue weighted by molar-refractivity contribution is 0.108. The molecule has 2 heterocycles. The molecule has 0 unspecified atom stereocenters. The number of likely N-dealkylation sites (tertiary alicyclic amines) is 2. The summed E-state index contributed by atoms with van der Waals surface area (Å²) >= 11 is 1.77. The lowest BCUT2D eigenvalue weighted by Crippen LogP contribution is -2.46. The molecule has 0 saturated carbocycles. The molecule has 0 bridgehead atoms. The molecule has 0 amide bonds. The fraction of sp³-hybridized carbons (Fsp3) is 0.545. The van der Waals surface area contributed by atoms with E-state index in [-0.39, 0.29) is 0 Å². The number of hydrogen-bond acceptors (Lipinski definition) is 3. The van der Waals surface area contributed by atoms with Crippen LogP contribution in [-0.4, -0.2) is 42.0 Å². The molecule has 25 heavy (non-hydrogen) atoms. The summed E-state index contributed by atoms with van der Waals surface area (Å²) in [7, 11) is 0. The topological polar surface area (TPSA) is 6.48 Å². The van der Waals surface area contributed by atoms with Crippen LogP contribution in [0.25, 0.3) is 0 Å². The Morgan fingerprint density at radius 2 is 1.60 bits per heavy atom. The predicted molar refractivity (Wildman–Crippen MR) is 114 cm³/mol. The predicted octanol–water partition coefficient (Wildman–Crippen LogP) is 5.73. The number of piperidine rings is 2. The Hall–Kier alpha value is -1.19. The van der Waals surface area contributed by atoms with E-state index in [1.54, 1.807) is 11.8 Å². The van der Waals surface area contributed by atoms with Crippen molar-refractivity contribution in [3.63, 3.8) is 0 Å². The molecule has 0 atom stereocenters. The van der Waals surface area contributed by atoms with Gasteiger partial charge in [0.25, 0.3) is 0 Å². The summed E-state index contributed by atoms with van der Waals surface area (Å²) in [6.07, 6.45) is 12.7. The maximum Gasteiger partial charge on any atom is 0.0682 e. The molecule has 0 aromatic rings. The molecule has 2 aliphatic heterocycles. The first-order valence-electron chi connectivity index (χ1n) is 9.55. The van der Waals surface area contributed by atoms with Crippen LogP contribution in [0, 0.1) is 0 Å². The van der Waals surface area contributed by atoms with Crippen molar-refractivity contribution in [3.8, 4) is 0 Å². The maximum absolute atomic E-state index is 4.36. The first kappa shape index (κ1) is 20.1. The number of thioether (sulfide) groups is 1. The SMILES string of the molecule is C=C/C(C)=C/C(SC(=C)N1CCC(N2CCCCC2)CC1)=C(/C)C=C. The minimum absolute atomic E-state index is 0.780. The van der Waals surface area contributed by atoms with Crippen molar-refractivity contribution in [2.75, 3.05) is 26.2 Å². The fourth-order valence-corrected chi connectivity index (χ4v) is 4.60. The average molecular weight is 359 g/mol. The van der Waals surface area contributed by atoms with Crippen LogP contribution in [0.5, 0.6) is 0 Å². The van der Waals surface area contributed by atoms with Gasteiger partial charge in [-0.05, 0) is 64.3 Å². The zero-order valence-corrected chi connectivity index (χ0v) is 16.9. The van der Waals surface area contributed by atoms with E-state index in [0.717, 1.165) is 24.2 Å². The van der Waals surface area contributed by atoms with Crippen molar-refractivity contribution >= 4 is 11.8 Å². The lowest BCUT2D eigenvalue weighted by atomic mass is 10.0. The second-order valence-electron chi connectivity index (χ2n) is 7.15. The van der Waals surface area contributed by atoms with Gasteiger partial charge >= 0.3 is 0 Å². The minimum atomic E-state index is 0.780. The highest BCUT2D eigenvalue weighted by molar-refractivity contribution is 8.06. The molecule has 2 rings (SSSR count). The maximum atomic E-state index is 4.36. The molecule has 2 aliphatic rings. The van der Waals surface area contributed by atoms with Crippen LogP contribution in [-0.2, 0) is 0 Å². The van der Waals surface area contributed by atoms with Crippen LogP contribution in [0.1, 0.15) is 46.0 Å². The minimum Gasteiger partial charge on any atom is -0.366 e. The highest BCUT2D eigenvalue weighted by Gasteiger charge is 2.26. The second kappa shape index (κ2) is 10.1. The third-order valence-electron chi connectivity index (χ3n) is 5.33. The molecule has 2 fully saturated rings. The van der Waals surface area contributed by atoms with Gasteiger partial charge in [0.2, 0.25) is 0 Å². The average Bonchev–Trinajstić information content (AvgIpc) is 2.67. The lowest BCUT2D eigenvalue weighted by Gasteiger charge is -2.41. The van der Waals surface area contributed by atoms with E-state index in [9.17, 15) is 0 Å². The van der Waals surface area contributed by atoms with Gasteiger partial charge in [0, 0.05) is 24.0 Å². The Morgan fingerprint density at radius 3 is 2.16 bits per heavy atom. The van der Waals surface area contributed by atoms with Gasteiger partial charge in [-0.2, -0.15) is 0 Å². The summed E-state index contributed by atoms with van der Waals surface area (Å²) in [5, 5.41) is 1.15. The smallest absolute Gasteiger partial charge is 0.0682 e. The first-order chi connectivity index (χ1) is 12.0. The second-order valence-corrected chi connectivity index (χ2v) is 8.27. The Bertz CT molecular complexity index is 544. The van der Waals surface area contributed by atoms with Gasteiger partial charge in [-0.25, -0.2) is 0 Å². The standard InChI is InChI=1S/C22H34N2S/c1-6-18(3)17-22(19(4)7-2)25-20(5)23-15-11-21(12-16-23)24-13-9-8-10-14-24/h6-7,17,21H,1-2,5,8-16H2,3-4H3/b18-17+,22-19+. The molecule has 2 saturated heterocycles. The third kappa shape index (κ3) is 5.93. The molecular formula is C22H34N2S. The Kier molecular flexibility index (Phi) is 8.11. The number of nitrogens with zero attached hydrogens (tertiary/aromatic N) is 2. The van der Waals surface area contributed by atoms with E-state index < -0.39 is 0 Å². The van der Waals surface area contributed by atoms with Gasteiger partial charge in [0.1, 0.15) is 0 Å². The highest BCUT2D eigenvalue weighted by Crippen LogP contribution is 2.33. The van der Waals surface area contributed by atoms with Gasteiger partial charge in [-0.3, -0.25) is 0 Å². The molecule has 2 nitrogen and oxygen atoms in total. The van der Waals surface area contributed by atoms with Crippen molar-refractivity contribution in [1.82, 2.24) is 9.80 Å². The summed E-state index contributed by atoms with van der Waals surface area (Å²) in [6, 6.07) is 0.780. The third-order valence-corrected chi connectivity index (χ3v) is 6.48. The van der Waals surface area contributed by atoms with Crippen molar-refractivity contribution in [2.24, 2.45) is 0 Å². The first-order valence-corrected chi connectivity index (χ1v) is 10.4. The van der Waals surface area contributed by atoms with E-state index >= 15 is 0 Å². The number of hydrogen-bond donors (Lipinski definition) is 0. The summed E-state index contributed by atoms with van der Waals surface area (Å²) in [4.78, 5) is 6.40. The van der Waals surface area contributed by atoms with E-state index in [4.69, 9.17) is 0 Å². The Morgan fingerprint density at radius 1 is 0.960 bits per heavy atom. The van der Waals surface area contributed by atoms with Crippen LogP contribution in [0.3, 0.4) is 0 Å². The quantitative estimate of drug-likeness (QED) is 0.536. The Labute approximate surface area is 159 Å². The normalized spacial score (nSPS) is 21.7. The molecule has 3 heteroatoms. The van der Waals surface area contributed by atoms with Crippen molar-refractivity contribution in [3.05, 3.63) is 59.0 Å². The summed E-state index contributed by atoms with van der Waals surface area (Å²) in [5.41, 5.74) is 2.36. The summed E-state index contributed by atoms with van der Waals surface area (Å²) in [5.74, 6) is 0. The van der Waals surface area contributed by atoms with Crippen molar-refractivity contribution in [1.29, 1.82) is 0 Å². The largest absolute Gasteiger partial charge is 0.366 e. The zero-order chi connectivity index (χ0) is 18.2. The molecule has 0 N–H and O–H groups in total. The molecular weight excluding hydrogens is 324 g/mol. The molecule has 138 valence electrons. The molecule has 0 radical (unpaired) electrons. The van der Waals surface area contributed by atoms with Crippen molar-refractivity contribution < 1.29 is 0 Å². The number of allylic oxidation sites excluding steroid dienone is 5. The van der Waals surface area contributed by atoms with Crippen LogP contribution in [0.4, 0.5) is 0 Å². The van der Waals surface area contributed by atoms with Crippen LogP contribution in [0.15, 0.2) is 59.0 Å². The van der Waals surface area contributed by atoms with Crippen molar-refractivity contribution in [2.45, 2.75) is 52.0 Å². The van der Waals surface area contributed by atoms with Crippen LogP contribution in [0.2, 0.25) is 0 Å². The number of rotatable bonds is 7. The van der Waals surface area contributed by atoms with E-state index in [1.165, 1.54) is 61.2 Å². The van der Waals surface area contributed by atoms with E-state index in [2.05, 4.69) is 49.5 Å². The van der Waals surface area contributed by atoms with Gasteiger partial charge in [0.15, 0.2) is 0 Å². The highest BCUT2D eigenvalue weighted by atomic mass is 32.2. The van der Waals surface area contributed by atoms with Crippen LogP contribution < -0.4 is 0 Å².